The van der Waals surface area contributed by atoms with Gasteiger partial charge in [-0.05, 0) is 19.8 Å². The van der Waals surface area contributed by atoms with Crippen LogP contribution in [0.4, 0.5) is 4.79 Å². The average Bonchev–Trinajstić information content (AvgIpc) is 3.03. The summed E-state index contributed by atoms with van der Waals surface area (Å²) in [4.78, 5) is 30.1. The van der Waals surface area contributed by atoms with Crippen molar-refractivity contribution in [3.63, 3.8) is 0 Å². The lowest BCUT2D eigenvalue weighted by molar-refractivity contribution is 0.0520. The van der Waals surface area contributed by atoms with Gasteiger partial charge in [-0.15, -0.1) is 11.3 Å². The number of urea groups is 1. The molecule has 0 aliphatic rings. The lowest BCUT2D eigenvalue weighted by atomic mass is 10.2. The van der Waals surface area contributed by atoms with Crippen LogP contribution in [0.25, 0.3) is 0 Å². The first-order chi connectivity index (χ1) is 11.6. The van der Waals surface area contributed by atoms with Crippen molar-refractivity contribution < 1.29 is 14.3 Å². The van der Waals surface area contributed by atoms with E-state index < -0.39 is 5.97 Å². The molecule has 0 radical (unpaired) electrons. The Kier molecular flexibility index (Phi) is 10.1. The van der Waals surface area contributed by atoms with Crippen molar-refractivity contribution in [3.05, 3.63) is 16.1 Å². The van der Waals surface area contributed by atoms with E-state index in [1.165, 1.54) is 11.3 Å². The van der Waals surface area contributed by atoms with Crippen molar-refractivity contribution in [1.29, 1.82) is 0 Å². The number of hydrogen-bond acceptors (Lipinski definition) is 5. The third-order valence-electron chi connectivity index (χ3n) is 3.49. The Morgan fingerprint density at radius 3 is 2.62 bits per heavy atom. The molecule has 1 rings (SSSR count). The maximum absolute atomic E-state index is 12.4. The number of aromatic nitrogens is 1. The number of carbonyl (C=O) groups excluding carboxylic acids is 2. The molecular formula is C17H29N3O3S. The maximum atomic E-state index is 12.4. The number of ether oxygens (including phenoxy) is 1. The van der Waals surface area contributed by atoms with Crippen LogP contribution in [0.5, 0.6) is 0 Å². The molecule has 1 N–H and O–H groups in total. The molecule has 6 nitrogen and oxygen atoms in total. The van der Waals surface area contributed by atoms with Gasteiger partial charge in [0.25, 0.3) is 0 Å². The molecule has 0 bridgehead atoms. The number of esters is 1. The lowest BCUT2D eigenvalue weighted by Crippen LogP contribution is -2.40. The number of thiazole rings is 1. The second kappa shape index (κ2) is 11.8. The molecule has 0 saturated carbocycles. The fraction of sp³-hybridized carbons (Fsp3) is 0.706. The number of rotatable bonds is 11. The quantitative estimate of drug-likeness (QED) is 0.484. The predicted molar refractivity (Wildman–Crippen MR) is 96.3 cm³/mol. The third-order valence-corrected chi connectivity index (χ3v) is 4.32. The molecule has 0 spiro atoms. The fourth-order valence-corrected chi connectivity index (χ4v) is 2.91. The Morgan fingerprint density at radius 2 is 1.96 bits per heavy atom. The topological polar surface area (TPSA) is 71.5 Å². The van der Waals surface area contributed by atoms with E-state index in [0.29, 0.717) is 31.9 Å². The number of carbonyl (C=O) groups is 2. The van der Waals surface area contributed by atoms with E-state index in [-0.39, 0.29) is 6.03 Å². The van der Waals surface area contributed by atoms with E-state index >= 15 is 0 Å². The molecule has 1 aromatic rings. The highest BCUT2D eigenvalue weighted by Gasteiger charge is 2.17. The molecule has 0 unspecified atom stereocenters. The first-order valence-corrected chi connectivity index (χ1v) is 9.64. The van der Waals surface area contributed by atoms with Gasteiger partial charge in [0.05, 0.1) is 13.2 Å². The molecule has 0 aromatic carbocycles. The number of unbranched alkanes of at least 4 members (excludes halogenated alkanes) is 3. The van der Waals surface area contributed by atoms with Gasteiger partial charge in [0.2, 0.25) is 0 Å². The van der Waals surface area contributed by atoms with E-state index in [1.54, 1.807) is 17.2 Å². The van der Waals surface area contributed by atoms with Crippen molar-refractivity contribution in [3.8, 4) is 0 Å². The summed E-state index contributed by atoms with van der Waals surface area (Å²) in [6.45, 7) is 8.13. The summed E-state index contributed by atoms with van der Waals surface area (Å²) in [6, 6.07) is -0.0626. The monoisotopic (exact) mass is 355 g/mol. The van der Waals surface area contributed by atoms with Gasteiger partial charge in [-0.25, -0.2) is 14.6 Å². The van der Waals surface area contributed by atoms with Crippen LogP contribution in [0.1, 0.15) is 68.4 Å². The van der Waals surface area contributed by atoms with Crippen molar-refractivity contribution in [2.75, 3.05) is 19.7 Å². The van der Waals surface area contributed by atoms with Crippen LogP contribution >= 0.6 is 11.3 Å². The molecule has 2 amide bonds. The molecular weight excluding hydrogens is 326 g/mol. The van der Waals surface area contributed by atoms with E-state index in [1.807, 2.05) is 0 Å². The van der Waals surface area contributed by atoms with E-state index in [4.69, 9.17) is 4.74 Å². The molecule has 0 fully saturated rings. The Hall–Kier alpha value is -1.63. The summed E-state index contributed by atoms with van der Waals surface area (Å²) in [5, 5.41) is 5.39. The smallest absolute Gasteiger partial charge is 0.357 e. The van der Waals surface area contributed by atoms with Crippen LogP contribution in [0.2, 0.25) is 0 Å². The highest BCUT2D eigenvalue weighted by atomic mass is 32.1. The van der Waals surface area contributed by atoms with Crippen molar-refractivity contribution in [1.82, 2.24) is 15.2 Å². The van der Waals surface area contributed by atoms with Gasteiger partial charge in [0.15, 0.2) is 5.69 Å². The van der Waals surface area contributed by atoms with E-state index in [2.05, 4.69) is 24.1 Å². The summed E-state index contributed by atoms with van der Waals surface area (Å²) in [7, 11) is 0. The molecule has 24 heavy (non-hydrogen) atoms. The molecule has 0 aliphatic carbocycles. The minimum Gasteiger partial charge on any atom is -0.461 e. The van der Waals surface area contributed by atoms with Gasteiger partial charge >= 0.3 is 12.0 Å². The SMILES string of the molecule is CCCCCN(Cc1nc(C(=O)OCC)cs1)C(=O)NCCCC. The summed E-state index contributed by atoms with van der Waals surface area (Å²) in [5.41, 5.74) is 0.316. The molecule has 1 heterocycles. The minimum atomic E-state index is -0.412. The molecule has 0 aliphatic heterocycles. The van der Waals surface area contributed by atoms with Gasteiger partial charge in [0.1, 0.15) is 5.01 Å². The number of nitrogens with zero attached hydrogens (tertiary/aromatic N) is 2. The van der Waals surface area contributed by atoms with Crippen molar-refractivity contribution in [2.24, 2.45) is 0 Å². The Labute approximate surface area is 148 Å². The zero-order chi connectivity index (χ0) is 17.8. The molecule has 136 valence electrons. The summed E-state index contributed by atoms with van der Waals surface area (Å²) < 4.78 is 4.95. The van der Waals surface area contributed by atoms with Gasteiger partial charge in [-0.3, -0.25) is 0 Å². The number of nitrogens with one attached hydrogen (secondary N) is 1. The summed E-state index contributed by atoms with van der Waals surface area (Å²) in [5.74, 6) is -0.412. The normalized spacial score (nSPS) is 10.5. The van der Waals surface area contributed by atoms with E-state index in [0.717, 1.165) is 37.1 Å². The van der Waals surface area contributed by atoms with Gasteiger partial charge in [-0.1, -0.05) is 33.1 Å². The highest BCUT2D eigenvalue weighted by molar-refractivity contribution is 7.09. The Bertz CT molecular complexity index is 505. The first kappa shape index (κ1) is 20.4. The first-order valence-electron chi connectivity index (χ1n) is 8.76. The number of amides is 2. The Morgan fingerprint density at radius 1 is 1.21 bits per heavy atom. The van der Waals surface area contributed by atoms with Gasteiger partial charge < -0.3 is 15.0 Å². The molecule has 7 heteroatoms. The number of hydrogen-bond donors (Lipinski definition) is 1. The van der Waals surface area contributed by atoms with Crippen LogP contribution in [0, 0.1) is 0 Å². The van der Waals surface area contributed by atoms with Gasteiger partial charge in [-0.2, -0.15) is 0 Å². The fourth-order valence-electron chi connectivity index (χ4n) is 2.13. The summed E-state index contributed by atoms with van der Waals surface area (Å²) in [6.07, 6.45) is 5.18. The standard InChI is InChI=1S/C17H29N3O3S/c1-4-7-9-11-20(17(22)18-10-8-5-2)12-15-19-14(13-24-15)16(21)23-6-3/h13H,4-12H2,1-3H3,(H,18,22). The molecule has 0 saturated heterocycles. The Balaban J connectivity index is 2.65. The van der Waals surface area contributed by atoms with Crippen molar-refractivity contribution >= 4 is 23.3 Å². The average molecular weight is 356 g/mol. The van der Waals surface area contributed by atoms with Crippen molar-refractivity contribution in [2.45, 2.75) is 59.4 Å². The van der Waals surface area contributed by atoms with Gasteiger partial charge in [0, 0.05) is 18.5 Å². The highest BCUT2D eigenvalue weighted by Crippen LogP contribution is 2.14. The maximum Gasteiger partial charge on any atom is 0.357 e. The van der Waals surface area contributed by atoms with Crippen LogP contribution < -0.4 is 5.32 Å². The largest absolute Gasteiger partial charge is 0.461 e. The minimum absolute atomic E-state index is 0.0626. The van der Waals surface area contributed by atoms with Crippen LogP contribution in [-0.4, -0.2) is 41.6 Å². The molecule has 1 aromatic heterocycles. The summed E-state index contributed by atoms with van der Waals surface area (Å²) >= 11 is 1.38. The second-order valence-corrected chi connectivity index (χ2v) is 6.50. The molecule has 0 atom stereocenters. The zero-order valence-electron chi connectivity index (χ0n) is 15.0. The lowest BCUT2D eigenvalue weighted by Gasteiger charge is -2.22. The van der Waals surface area contributed by atoms with Crippen LogP contribution in [0.15, 0.2) is 5.38 Å². The van der Waals surface area contributed by atoms with E-state index in [9.17, 15) is 9.59 Å². The predicted octanol–water partition coefficient (Wildman–Crippen LogP) is 3.82. The third kappa shape index (κ3) is 7.29. The zero-order valence-corrected chi connectivity index (χ0v) is 15.8. The second-order valence-electron chi connectivity index (χ2n) is 5.56. The van der Waals surface area contributed by atoms with Crippen LogP contribution in [-0.2, 0) is 11.3 Å². The van der Waals surface area contributed by atoms with Crippen LogP contribution in [0.3, 0.4) is 0 Å².